The third-order valence-corrected chi connectivity index (χ3v) is 4.48. The fourth-order valence-electron chi connectivity index (χ4n) is 3.04. The molecule has 0 heterocycles. The van der Waals surface area contributed by atoms with Crippen LogP contribution in [0.2, 0.25) is 0 Å². The minimum absolute atomic E-state index is 0.116. The molecule has 0 atom stereocenters. The Morgan fingerprint density at radius 3 is 2.26 bits per heavy atom. The van der Waals surface area contributed by atoms with Gasteiger partial charge in [-0.15, -0.1) is 0 Å². The Morgan fingerprint density at radius 1 is 1.16 bits per heavy atom. The summed E-state index contributed by atoms with van der Waals surface area (Å²) in [6, 6.07) is 0. The fraction of sp³-hybridized carbons (Fsp3) is 1.00. The molecule has 2 nitrogen and oxygen atoms in total. The summed E-state index contributed by atoms with van der Waals surface area (Å²) in [7, 11) is 0. The number of ether oxygens (including phenoxy) is 1. The van der Waals surface area contributed by atoms with Crippen molar-refractivity contribution in [3.63, 3.8) is 0 Å². The van der Waals surface area contributed by atoms with Gasteiger partial charge >= 0.3 is 0 Å². The van der Waals surface area contributed by atoms with E-state index >= 15 is 0 Å². The number of nitrogens with one attached hydrogen (secondary N) is 1. The second-order valence-electron chi connectivity index (χ2n) is 7.15. The molecule has 1 fully saturated rings. The molecule has 0 bridgehead atoms. The van der Waals surface area contributed by atoms with Crippen LogP contribution in [0.25, 0.3) is 0 Å². The molecule has 0 unspecified atom stereocenters. The van der Waals surface area contributed by atoms with E-state index in [1.165, 1.54) is 32.1 Å². The highest BCUT2D eigenvalue weighted by molar-refractivity contribution is 4.90. The SMILES string of the molecule is CCCNCC1(OCC(C)C)CCC(C(C)C)CC1. The summed E-state index contributed by atoms with van der Waals surface area (Å²) in [6.07, 6.45) is 6.35. The second kappa shape index (κ2) is 8.26. The first-order valence-corrected chi connectivity index (χ1v) is 8.34. The highest BCUT2D eigenvalue weighted by atomic mass is 16.5. The number of rotatable bonds is 8. The Hall–Kier alpha value is -0.0800. The second-order valence-corrected chi connectivity index (χ2v) is 7.15. The minimum atomic E-state index is 0.116. The zero-order valence-electron chi connectivity index (χ0n) is 13.8. The van der Waals surface area contributed by atoms with E-state index in [9.17, 15) is 0 Å². The van der Waals surface area contributed by atoms with Crippen LogP contribution in [0.4, 0.5) is 0 Å². The molecule has 0 spiro atoms. The van der Waals surface area contributed by atoms with Crippen LogP contribution in [-0.4, -0.2) is 25.3 Å². The van der Waals surface area contributed by atoms with Gasteiger partial charge in [-0.25, -0.2) is 0 Å². The lowest BCUT2D eigenvalue weighted by atomic mass is 9.74. The van der Waals surface area contributed by atoms with Gasteiger partial charge in [-0.05, 0) is 56.4 Å². The summed E-state index contributed by atoms with van der Waals surface area (Å²) in [6.45, 7) is 14.5. The lowest BCUT2D eigenvalue weighted by Crippen LogP contribution is -2.47. The summed E-state index contributed by atoms with van der Waals surface area (Å²) < 4.78 is 6.34. The predicted octanol–water partition coefficient (Wildman–Crippen LogP) is 4.24. The standard InChI is InChI=1S/C17H35NO/c1-6-11-18-13-17(19-12-14(2)3)9-7-16(8-10-17)15(4)5/h14-16,18H,6-13H2,1-5H3. The first-order chi connectivity index (χ1) is 8.99. The third kappa shape index (κ3) is 5.83. The van der Waals surface area contributed by atoms with Crippen LogP contribution in [0.15, 0.2) is 0 Å². The molecule has 1 aliphatic carbocycles. The molecule has 0 amide bonds. The van der Waals surface area contributed by atoms with Crippen molar-refractivity contribution in [1.82, 2.24) is 5.32 Å². The smallest absolute Gasteiger partial charge is 0.0806 e. The maximum absolute atomic E-state index is 6.34. The molecule has 114 valence electrons. The Kier molecular flexibility index (Phi) is 7.38. The lowest BCUT2D eigenvalue weighted by molar-refractivity contribution is -0.0882. The van der Waals surface area contributed by atoms with Gasteiger partial charge in [0.2, 0.25) is 0 Å². The Balaban J connectivity index is 2.50. The van der Waals surface area contributed by atoms with Crippen LogP contribution in [-0.2, 0) is 4.74 Å². The maximum atomic E-state index is 6.34. The first kappa shape index (κ1) is 17.0. The molecule has 0 radical (unpaired) electrons. The molecule has 0 aromatic heterocycles. The molecule has 0 saturated heterocycles. The van der Waals surface area contributed by atoms with Gasteiger partial charge in [-0.3, -0.25) is 0 Å². The summed E-state index contributed by atoms with van der Waals surface area (Å²) in [4.78, 5) is 0. The minimum Gasteiger partial charge on any atom is -0.373 e. The molecule has 2 heteroatoms. The zero-order chi connectivity index (χ0) is 14.3. The van der Waals surface area contributed by atoms with Crippen molar-refractivity contribution in [2.24, 2.45) is 17.8 Å². The zero-order valence-corrected chi connectivity index (χ0v) is 13.8. The average Bonchev–Trinajstić information content (AvgIpc) is 2.37. The van der Waals surface area contributed by atoms with Gasteiger partial charge < -0.3 is 10.1 Å². The van der Waals surface area contributed by atoms with Gasteiger partial charge in [-0.2, -0.15) is 0 Å². The van der Waals surface area contributed by atoms with Crippen LogP contribution in [0.3, 0.4) is 0 Å². The van der Waals surface area contributed by atoms with Crippen molar-refractivity contribution >= 4 is 0 Å². The molecule has 1 aliphatic rings. The van der Waals surface area contributed by atoms with Crippen LogP contribution in [0.1, 0.15) is 66.7 Å². The van der Waals surface area contributed by atoms with Crippen molar-refractivity contribution < 1.29 is 4.74 Å². The van der Waals surface area contributed by atoms with Crippen molar-refractivity contribution in [2.45, 2.75) is 72.3 Å². The van der Waals surface area contributed by atoms with Gasteiger partial charge in [0.15, 0.2) is 0 Å². The van der Waals surface area contributed by atoms with Crippen LogP contribution in [0.5, 0.6) is 0 Å². The molecule has 1 N–H and O–H groups in total. The number of hydrogen-bond donors (Lipinski definition) is 1. The molecule has 0 aromatic rings. The fourth-order valence-corrected chi connectivity index (χ4v) is 3.04. The van der Waals surface area contributed by atoms with E-state index in [1.54, 1.807) is 0 Å². The monoisotopic (exact) mass is 269 g/mol. The molecular formula is C17H35NO. The van der Waals surface area contributed by atoms with Crippen LogP contribution < -0.4 is 5.32 Å². The van der Waals surface area contributed by atoms with Gasteiger partial charge in [-0.1, -0.05) is 34.6 Å². The Bertz CT molecular complexity index is 229. The molecule has 19 heavy (non-hydrogen) atoms. The lowest BCUT2D eigenvalue weighted by Gasteiger charge is -2.42. The maximum Gasteiger partial charge on any atom is 0.0806 e. The summed E-state index contributed by atoms with van der Waals surface area (Å²) in [5.74, 6) is 2.36. The third-order valence-electron chi connectivity index (χ3n) is 4.48. The van der Waals surface area contributed by atoms with E-state index in [0.29, 0.717) is 5.92 Å². The normalized spacial score (nSPS) is 28.3. The molecule has 1 saturated carbocycles. The van der Waals surface area contributed by atoms with E-state index < -0.39 is 0 Å². The predicted molar refractivity (Wildman–Crippen MR) is 83.5 cm³/mol. The summed E-state index contributed by atoms with van der Waals surface area (Å²) in [5.41, 5.74) is 0.116. The van der Waals surface area contributed by atoms with Crippen molar-refractivity contribution in [3.8, 4) is 0 Å². The summed E-state index contributed by atoms with van der Waals surface area (Å²) >= 11 is 0. The van der Waals surface area contributed by atoms with Crippen LogP contribution >= 0.6 is 0 Å². The quantitative estimate of drug-likeness (QED) is 0.665. The Morgan fingerprint density at radius 2 is 1.79 bits per heavy atom. The molecule has 0 aliphatic heterocycles. The van der Waals surface area contributed by atoms with E-state index in [1.807, 2.05) is 0 Å². The van der Waals surface area contributed by atoms with E-state index in [2.05, 4.69) is 39.9 Å². The largest absolute Gasteiger partial charge is 0.373 e. The van der Waals surface area contributed by atoms with Gasteiger partial charge in [0, 0.05) is 13.2 Å². The van der Waals surface area contributed by atoms with Gasteiger partial charge in [0.05, 0.1) is 5.60 Å². The van der Waals surface area contributed by atoms with Crippen molar-refractivity contribution in [2.75, 3.05) is 19.7 Å². The van der Waals surface area contributed by atoms with E-state index in [4.69, 9.17) is 4.74 Å². The highest BCUT2D eigenvalue weighted by Crippen LogP contribution is 2.38. The molecular weight excluding hydrogens is 234 g/mol. The summed E-state index contributed by atoms with van der Waals surface area (Å²) in [5, 5.41) is 3.59. The average molecular weight is 269 g/mol. The van der Waals surface area contributed by atoms with Crippen molar-refractivity contribution in [1.29, 1.82) is 0 Å². The molecule has 1 rings (SSSR count). The topological polar surface area (TPSA) is 21.3 Å². The van der Waals surface area contributed by atoms with Gasteiger partial charge in [0.25, 0.3) is 0 Å². The highest BCUT2D eigenvalue weighted by Gasteiger charge is 2.36. The Labute approximate surface area is 120 Å². The van der Waals surface area contributed by atoms with E-state index in [-0.39, 0.29) is 5.60 Å². The van der Waals surface area contributed by atoms with E-state index in [0.717, 1.165) is 31.5 Å². The van der Waals surface area contributed by atoms with Crippen molar-refractivity contribution in [3.05, 3.63) is 0 Å². The number of hydrogen-bond acceptors (Lipinski definition) is 2. The first-order valence-electron chi connectivity index (χ1n) is 8.34. The van der Waals surface area contributed by atoms with Gasteiger partial charge in [0.1, 0.15) is 0 Å². The van der Waals surface area contributed by atoms with Crippen LogP contribution in [0, 0.1) is 17.8 Å². The molecule has 0 aromatic carbocycles.